The Bertz CT molecular complexity index is 976. The molecule has 0 aliphatic rings. The Hall–Kier alpha value is -2.36. The minimum atomic E-state index is -1.44. The summed E-state index contributed by atoms with van der Waals surface area (Å²) in [4.78, 5) is 0. The molecule has 0 aliphatic heterocycles. The fourth-order valence-corrected chi connectivity index (χ4v) is 2.92. The van der Waals surface area contributed by atoms with Crippen LogP contribution in [0.15, 0.2) is 66.7 Å². The van der Waals surface area contributed by atoms with Crippen LogP contribution in [0.25, 0.3) is 32.3 Å². The minimum absolute atomic E-state index is 0.517. The number of rotatable bonds is 1. The van der Waals surface area contributed by atoms with E-state index in [0.29, 0.717) is 5.46 Å². The van der Waals surface area contributed by atoms with E-state index in [0.717, 1.165) is 21.5 Å². The Labute approximate surface area is 122 Å². The van der Waals surface area contributed by atoms with Gasteiger partial charge in [0.15, 0.2) is 0 Å². The van der Waals surface area contributed by atoms with Crippen LogP contribution < -0.4 is 5.46 Å². The molecule has 0 aliphatic carbocycles. The van der Waals surface area contributed by atoms with Crippen LogP contribution in [0.1, 0.15) is 0 Å². The van der Waals surface area contributed by atoms with Gasteiger partial charge < -0.3 is 10.0 Å². The Morgan fingerprint density at radius 2 is 1.19 bits per heavy atom. The normalized spacial score (nSPS) is 11.3. The summed E-state index contributed by atoms with van der Waals surface area (Å²) in [6, 6.07) is 22.3. The summed E-state index contributed by atoms with van der Waals surface area (Å²) < 4.78 is 0. The summed E-state index contributed by atoms with van der Waals surface area (Å²) >= 11 is 0. The summed E-state index contributed by atoms with van der Waals surface area (Å²) in [7, 11) is -1.44. The molecule has 0 amide bonds. The number of hydrogen-bond donors (Lipinski definition) is 2. The van der Waals surface area contributed by atoms with Crippen molar-refractivity contribution in [1.82, 2.24) is 0 Å². The summed E-state index contributed by atoms with van der Waals surface area (Å²) in [6.07, 6.45) is 0. The van der Waals surface area contributed by atoms with Crippen LogP contribution in [0.4, 0.5) is 0 Å². The van der Waals surface area contributed by atoms with Gasteiger partial charge in [0.1, 0.15) is 0 Å². The average molecular weight is 272 g/mol. The Balaban J connectivity index is 2.15. The first-order valence-electron chi connectivity index (χ1n) is 6.94. The lowest BCUT2D eigenvalue weighted by molar-refractivity contribution is 0.426. The quantitative estimate of drug-likeness (QED) is 0.318. The van der Waals surface area contributed by atoms with Gasteiger partial charge in [-0.05, 0) is 49.9 Å². The summed E-state index contributed by atoms with van der Waals surface area (Å²) in [5, 5.41) is 25.6. The van der Waals surface area contributed by atoms with Crippen molar-refractivity contribution in [2.75, 3.05) is 0 Å². The molecule has 0 fully saturated rings. The molecule has 4 aromatic rings. The van der Waals surface area contributed by atoms with Crippen molar-refractivity contribution < 1.29 is 10.0 Å². The van der Waals surface area contributed by atoms with Crippen LogP contribution in [0.2, 0.25) is 0 Å². The van der Waals surface area contributed by atoms with E-state index in [-0.39, 0.29) is 0 Å². The molecule has 0 aromatic heterocycles. The predicted octanol–water partition coefficient (Wildman–Crippen LogP) is 2.83. The molecule has 4 aromatic carbocycles. The van der Waals surface area contributed by atoms with Crippen LogP contribution in [-0.4, -0.2) is 17.2 Å². The van der Waals surface area contributed by atoms with Crippen molar-refractivity contribution in [3.63, 3.8) is 0 Å². The highest BCUT2D eigenvalue weighted by molar-refractivity contribution is 6.59. The summed E-state index contributed by atoms with van der Waals surface area (Å²) in [5.74, 6) is 0. The van der Waals surface area contributed by atoms with Crippen molar-refractivity contribution in [3.05, 3.63) is 66.7 Å². The highest BCUT2D eigenvalue weighted by atomic mass is 16.4. The van der Waals surface area contributed by atoms with Crippen LogP contribution in [0.3, 0.4) is 0 Å². The zero-order valence-electron chi connectivity index (χ0n) is 11.3. The van der Waals surface area contributed by atoms with E-state index < -0.39 is 7.12 Å². The van der Waals surface area contributed by atoms with Crippen LogP contribution in [0, 0.1) is 0 Å². The molecule has 0 heterocycles. The third kappa shape index (κ3) is 1.98. The van der Waals surface area contributed by atoms with Crippen molar-refractivity contribution in [3.8, 4) is 0 Å². The van der Waals surface area contributed by atoms with Crippen molar-refractivity contribution >= 4 is 44.9 Å². The monoisotopic (exact) mass is 272 g/mol. The number of hydrogen-bond acceptors (Lipinski definition) is 2. The molecule has 100 valence electrons. The summed E-state index contributed by atoms with van der Waals surface area (Å²) in [5.41, 5.74) is 0.517. The van der Waals surface area contributed by atoms with Gasteiger partial charge in [0.25, 0.3) is 0 Å². The third-order valence-corrected chi connectivity index (χ3v) is 4.03. The van der Waals surface area contributed by atoms with Gasteiger partial charge in [-0.25, -0.2) is 0 Å². The second-order valence-electron chi connectivity index (χ2n) is 5.34. The molecule has 0 bridgehead atoms. The molecule has 2 N–H and O–H groups in total. The first kappa shape index (κ1) is 12.4. The average Bonchev–Trinajstić information content (AvgIpc) is 2.52. The van der Waals surface area contributed by atoms with E-state index in [1.54, 1.807) is 6.07 Å². The highest BCUT2D eigenvalue weighted by Gasteiger charge is 2.12. The molecule has 0 saturated carbocycles. The van der Waals surface area contributed by atoms with Gasteiger partial charge in [0.05, 0.1) is 0 Å². The lowest BCUT2D eigenvalue weighted by Crippen LogP contribution is -2.29. The smallest absolute Gasteiger partial charge is 0.423 e. The van der Waals surface area contributed by atoms with E-state index >= 15 is 0 Å². The zero-order valence-corrected chi connectivity index (χ0v) is 11.3. The second-order valence-corrected chi connectivity index (χ2v) is 5.34. The minimum Gasteiger partial charge on any atom is -0.423 e. The molecule has 0 radical (unpaired) electrons. The highest BCUT2D eigenvalue weighted by Crippen LogP contribution is 2.29. The zero-order chi connectivity index (χ0) is 14.4. The lowest BCUT2D eigenvalue weighted by atomic mass is 9.79. The Morgan fingerprint density at radius 1 is 0.571 bits per heavy atom. The predicted molar refractivity (Wildman–Crippen MR) is 88.8 cm³/mol. The Morgan fingerprint density at radius 3 is 1.95 bits per heavy atom. The van der Waals surface area contributed by atoms with E-state index in [1.165, 1.54) is 10.8 Å². The maximum atomic E-state index is 9.38. The van der Waals surface area contributed by atoms with Gasteiger partial charge in [-0.2, -0.15) is 0 Å². The third-order valence-electron chi connectivity index (χ3n) is 4.03. The maximum absolute atomic E-state index is 9.38. The van der Waals surface area contributed by atoms with Gasteiger partial charge in [-0.15, -0.1) is 0 Å². The van der Waals surface area contributed by atoms with Gasteiger partial charge >= 0.3 is 7.12 Å². The molecule has 0 saturated heterocycles. The van der Waals surface area contributed by atoms with Crippen molar-refractivity contribution in [2.24, 2.45) is 0 Å². The van der Waals surface area contributed by atoms with E-state index in [1.807, 2.05) is 24.3 Å². The van der Waals surface area contributed by atoms with Crippen molar-refractivity contribution in [2.45, 2.75) is 0 Å². The Kier molecular flexibility index (Phi) is 2.71. The second kappa shape index (κ2) is 4.59. The van der Waals surface area contributed by atoms with Gasteiger partial charge in [-0.1, -0.05) is 54.6 Å². The molecule has 0 atom stereocenters. The molecule has 0 spiro atoms. The van der Waals surface area contributed by atoms with Crippen LogP contribution >= 0.6 is 0 Å². The first-order valence-corrected chi connectivity index (χ1v) is 6.94. The van der Waals surface area contributed by atoms with Gasteiger partial charge in [0.2, 0.25) is 0 Å². The van der Waals surface area contributed by atoms with Crippen molar-refractivity contribution in [1.29, 1.82) is 0 Å². The van der Waals surface area contributed by atoms with Gasteiger partial charge in [0, 0.05) is 0 Å². The van der Waals surface area contributed by atoms with E-state index in [2.05, 4.69) is 36.4 Å². The maximum Gasteiger partial charge on any atom is 0.488 e. The fourth-order valence-electron chi connectivity index (χ4n) is 2.92. The number of fused-ring (bicyclic) bond motifs is 4. The van der Waals surface area contributed by atoms with Gasteiger partial charge in [-0.3, -0.25) is 0 Å². The van der Waals surface area contributed by atoms with Crippen LogP contribution in [-0.2, 0) is 0 Å². The standard InChI is InChI=1S/C18H13BO2/c20-19(21)16-8-7-12-5-6-15-9-13-3-1-2-4-14(13)10-17(15)18(12)11-16/h1-11,20-21H. The molecular weight excluding hydrogens is 259 g/mol. The SMILES string of the molecule is OB(O)c1ccc2ccc3cc4ccccc4cc3c2c1. The summed E-state index contributed by atoms with van der Waals surface area (Å²) in [6.45, 7) is 0. The number of benzene rings is 4. The molecule has 4 rings (SSSR count). The van der Waals surface area contributed by atoms with E-state index in [9.17, 15) is 10.0 Å². The fraction of sp³-hybridized carbons (Fsp3) is 0. The molecule has 2 nitrogen and oxygen atoms in total. The first-order chi connectivity index (χ1) is 10.2. The molecule has 3 heteroatoms. The topological polar surface area (TPSA) is 40.5 Å². The molecular formula is C18H13BO2. The van der Waals surface area contributed by atoms with E-state index in [4.69, 9.17) is 0 Å². The largest absolute Gasteiger partial charge is 0.488 e. The van der Waals surface area contributed by atoms with Crippen LogP contribution in [0.5, 0.6) is 0 Å². The lowest BCUT2D eigenvalue weighted by Gasteiger charge is -2.08. The molecule has 21 heavy (non-hydrogen) atoms. The molecule has 0 unspecified atom stereocenters.